The van der Waals surface area contributed by atoms with E-state index < -0.39 is 0 Å². The Morgan fingerprint density at radius 1 is 1.11 bits per heavy atom. The van der Waals surface area contributed by atoms with Crippen LogP contribution in [0.4, 0.5) is 10.1 Å². The fraction of sp³-hybridized carbons (Fsp3) is 0.0909. The van der Waals surface area contributed by atoms with Crippen molar-refractivity contribution >= 4 is 22.6 Å². The third-order valence-corrected chi connectivity index (χ3v) is 4.46. The molecule has 0 radical (unpaired) electrons. The van der Waals surface area contributed by atoms with E-state index in [1.807, 2.05) is 12.1 Å². The lowest BCUT2D eigenvalue weighted by atomic mass is 10.1. The Hall–Kier alpha value is -3.67. The van der Waals surface area contributed by atoms with E-state index in [-0.39, 0.29) is 11.7 Å². The molecular formula is C22H18FN3O2. The number of aromatic amines is 1. The van der Waals surface area contributed by atoms with Gasteiger partial charge in [-0.1, -0.05) is 30.3 Å². The predicted octanol–water partition coefficient (Wildman–Crippen LogP) is 4.55. The molecule has 0 aliphatic carbocycles. The van der Waals surface area contributed by atoms with Gasteiger partial charge in [-0.3, -0.25) is 4.79 Å². The van der Waals surface area contributed by atoms with Crippen molar-refractivity contribution in [2.45, 2.75) is 6.42 Å². The molecule has 1 heterocycles. The summed E-state index contributed by atoms with van der Waals surface area (Å²) in [5.74, 6) is 0.652. The Bertz CT molecular complexity index is 1150. The molecule has 3 aromatic carbocycles. The number of carbonyl (C=O) groups excluding carboxylic acids is 1. The summed E-state index contributed by atoms with van der Waals surface area (Å²) >= 11 is 0. The lowest BCUT2D eigenvalue weighted by Gasteiger charge is -2.09. The summed E-state index contributed by atoms with van der Waals surface area (Å²) in [7, 11) is 1.53. The number of para-hydroxylation sites is 1. The smallest absolute Gasteiger partial charge is 0.259 e. The van der Waals surface area contributed by atoms with Crippen LogP contribution in [0.3, 0.4) is 0 Å². The minimum absolute atomic E-state index is 0.257. The van der Waals surface area contributed by atoms with Gasteiger partial charge in [0.05, 0.1) is 23.7 Å². The van der Waals surface area contributed by atoms with Crippen molar-refractivity contribution in [3.05, 3.63) is 89.5 Å². The fourth-order valence-electron chi connectivity index (χ4n) is 3.08. The number of aromatic nitrogens is 2. The van der Waals surface area contributed by atoms with Crippen molar-refractivity contribution in [1.82, 2.24) is 9.97 Å². The van der Waals surface area contributed by atoms with E-state index in [0.29, 0.717) is 34.8 Å². The summed E-state index contributed by atoms with van der Waals surface area (Å²) in [6.45, 7) is 0. The number of methoxy groups -OCH3 is 1. The minimum atomic E-state index is -0.261. The number of imidazole rings is 1. The molecule has 140 valence electrons. The monoisotopic (exact) mass is 375 g/mol. The van der Waals surface area contributed by atoms with E-state index in [2.05, 4.69) is 15.3 Å². The highest BCUT2D eigenvalue weighted by atomic mass is 19.1. The van der Waals surface area contributed by atoms with Crippen LogP contribution in [0, 0.1) is 5.82 Å². The van der Waals surface area contributed by atoms with Gasteiger partial charge in [-0.25, -0.2) is 9.37 Å². The number of amides is 1. The molecule has 0 saturated heterocycles. The predicted molar refractivity (Wildman–Crippen MR) is 106 cm³/mol. The van der Waals surface area contributed by atoms with E-state index in [1.54, 1.807) is 48.5 Å². The van der Waals surface area contributed by atoms with Crippen LogP contribution in [0.15, 0.2) is 66.7 Å². The van der Waals surface area contributed by atoms with Gasteiger partial charge in [0.1, 0.15) is 17.4 Å². The van der Waals surface area contributed by atoms with Gasteiger partial charge in [-0.15, -0.1) is 0 Å². The second-order valence-corrected chi connectivity index (χ2v) is 6.34. The Balaban J connectivity index is 1.56. The maximum absolute atomic E-state index is 13.9. The van der Waals surface area contributed by atoms with Crippen molar-refractivity contribution in [3.63, 3.8) is 0 Å². The number of nitrogens with zero attached hydrogens (tertiary/aromatic N) is 1. The number of benzene rings is 3. The summed E-state index contributed by atoms with van der Waals surface area (Å²) < 4.78 is 19.1. The number of halogens is 1. The molecule has 0 aliphatic rings. The summed E-state index contributed by atoms with van der Waals surface area (Å²) in [5.41, 5.74) is 3.18. The average Bonchev–Trinajstić information content (AvgIpc) is 3.11. The van der Waals surface area contributed by atoms with Crippen molar-refractivity contribution in [2.75, 3.05) is 12.4 Å². The third kappa shape index (κ3) is 3.57. The van der Waals surface area contributed by atoms with Gasteiger partial charge < -0.3 is 15.0 Å². The van der Waals surface area contributed by atoms with Gasteiger partial charge >= 0.3 is 0 Å². The molecule has 0 atom stereocenters. The maximum Gasteiger partial charge on any atom is 0.259 e. The molecule has 0 bridgehead atoms. The van der Waals surface area contributed by atoms with Crippen molar-refractivity contribution in [3.8, 4) is 5.75 Å². The van der Waals surface area contributed by atoms with E-state index in [4.69, 9.17) is 4.74 Å². The molecule has 4 rings (SSSR count). The summed E-state index contributed by atoms with van der Waals surface area (Å²) in [6, 6.07) is 19.1. The molecule has 28 heavy (non-hydrogen) atoms. The molecular weight excluding hydrogens is 357 g/mol. The Labute approximate surface area is 161 Å². The number of anilines is 1. The number of hydrogen-bond donors (Lipinski definition) is 2. The zero-order valence-electron chi connectivity index (χ0n) is 15.2. The highest BCUT2D eigenvalue weighted by Gasteiger charge is 2.13. The van der Waals surface area contributed by atoms with Gasteiger partial charge in [-0.2, -0.15) is 0 Å². The lowest BCUT2D eigenvalue weighted by molar-refractivity contribution is 0.102. The van der Waals surface area contributed by atoms with E-state index in [0.717, 1.165) is 11.0 Å². The summed E-state index contributed by atoms with van der Waals surface area (Å²) in [4.78, 5) is 20.2. The first-order chi connectivity index (χ1) is 13.6. The number of nitrogens with one attached hydrogen (secondary N) is 2. The standard InChI is InChI=1S/C22H18FN3O2/c1-28-20-9-5-3-7-16(20)22(27)24-15-10-11-18-19(13-15)26-21(25-18)12-14-6-2-4-8-17(14)23/h2-11,13H,12H2,1H3,(H,24,27)(H,25,26). The van der Waals surface area contributed by atoms with Crippen LogP contribution in [0.5, 0.6) is 5.75 Å². The molecule has 1 aromatic heterocycles. The van der Waals surface area contributed by atoms with Gasteiger partial charge in [-0.05, 0) is 42.0 Å². The Morgan fingerprint density at radius 2 is 1.89 bits per heavy atom. The minimum Gasteiger partial charge on any atom is -0.496 e. The SMILES string of the molecule is COc1ccccc1C(=O)Nc1ccc2nc(Cc3ccccc3F)[nH]c2c1. The van der Waals surface area contributed by atoms with E-state index in [9.17, 15) is 9.18 Å². The third-order valence-electron chi connectivity index (χ3n) is 4.46. The summed E-state index contributed by atoms with van der Waals surface area (Å²) in [5, 5.41) is 2.87. The molecule has 0 fully saturated rings. The van der Waals surface area contributed by atoms with Crippen LogP contribution < -0.4 is 10.1 Å². The average molecular weight is 375 g/mol. The number of carbonyl (C=O) groups is 1. The van der Waals surface area contributed by atoms with E-state index in [1.165, 1.54) is 13.2 Å². The molecule has 0 spiro atoms. The highest BCUT2D eigenvalue weighted by Crippen LogP contribution is 2.22. The van der Waals surface area contributed by atoms with Gasteiger partial charge in [0, 0.05) is 12.1 Å². The van der Waals surface area contributed by atoms with Crippen molar-refractivity contribution < 1.29 is 13.9 Å². The number of ether oxygens (including phenoxy) is 1. The molecule has 6 heteroatoms. The van der Waals surface area contributed by atoms with Crippen molar-refractivity contribution in [1.29, 1.82) is 0 Å². The molecule has 5 nitrogen and oxygen atoms in total. The second kappa shape index (κ2) is 7.52. The van der Waals surface area contributed by atoms with E-state index >= 15 is 0 Å². The first-order valence-corrected chi connectivity index (χ1v) is 8.80. The zero-order valence-corrected chi connectivity index (χ0v) is 15.2. The molecule has 2 N–H and O–H groups in total. The number of hydrogen-bond acceptors (Lipinski definition) is 3. The highest BCUT2D eigenvalue weighted by molar-refractivity contribution is 6.06. The number of rotatable bonds is 5. The Morgan fingerprint density at radius 3 is 2.71 bits per heavy atom. The first-order valence-electron chi connectivity index (χ1n) is 8.80. The van der Waals surface area contributed by atoms with Crippen LogP contribution in [-0.2, 0) is 6.42 Å². The van der Waals surface area contributed by atoms with Gasteiger partial charge in [0.2, 0.25) is 0 Å². The number of H-pyrrole nitrogens is 1. The van der Waals surface area contributed by atoms with Gasteiger partial charge in [0.15, 0.2) is 0 Å². The van der Waals surface area contributed by atoms with Crippen LogP contribution >= 0.6 is 0 Å². The van der Waals surface area contributed by atoms with Crippen LogP contribution in [-0.4, -0.2) is 23.0 Å². The quantitative estimate of drug-likeness (QED) is 0.538. The maximum atomic E-state index is 13.9. The van der Waals surface area contributed by atoms with Gasteiger partial charge in [0.25, 0.3) is 5.91 Å². The van der Waals surface area contributed by atoms with Crippen LogP contribution in [0.25, 0.3) is 11.0 Å². The molecule has 0 aliphatic heterocycles. The number of fused-ring (bicyclic) bond motifs is 1. The normalized spacial score (nSPS) is 10.8. The lowest BCUT2D eigenvalue weighted by Crippen LogP contribution is -2.13. The Kier molecular flexibility index (Phi) is 4.76. The largest absolute Gasteiger partial charge is 0.496 e. The molecule has 1 amide bonds. The van der Waals surface area contributed by atoms with Crippen LogP contribution in [0.1, 0.15) is 21.7 Å². The second-order valence-electron chi connectivity index (χ2n) is 6.34. The molecule has 0 unspecified atom stereocenters. The molecule has 4 aromatic rings. The summed E-state index contributed by atoms with van der Waals surface area (Å²) in [6.07, 6.45) is 0.365. The van der Waals surface area contributed by atoms with Crippen LogP contribution in [0.2, 0.25) is 0 Å². The fourth-order valence-corrected chi connectivity index (χ4v) is 3.08. The van der Waals surface area contributed by atoms with Crippen molar-refractivity contribution in [2.24, 2.45) is 0 Å². The topological polar surface area (TPSA) is 67.0 Å². The molecule has 0 saturated carbocycles. The zero-order chi connectivity index (χ0) is 19.5. The first kappa shape index (κ1) is 17.7.